The molecule has 3 aromatic carbocycles. The summed E-state index contributed by atoms with van der Waals surface area (Å²) in [6, 6.07) is 14.0. The van der Waals surface area contributed by atoms with E-state index in [1.165, 1.54) is 28.9 Å². The van der Waals surface area contributed by atoms with Gasteiger partial charge in [0.15, 0.2) is 11.5 Å². The van der Waals surface area contributed by atoms with Gasteiger partial charge in [-0.05, 0) is 98.0 Å². The van der Waals surface area contributed by atoms with Gasteiger partial charge >= 0.3 is 5.97 Å². The molecule has 0 radical (unpaired) electrons. The summed E-state index contributed by atoms with van der Waals surface area (Å²) in [6.07, 6.45) is 5.10. The van der Waals surface area contributed by atoms with E-state index in [2.05, 4.69) is 45.7 Å². The highest BCUT2D eigenvalue weighted by Gasteiger charge is 2.36. The van der Waals surface area contributed by atoms with Crippen molar-refractivity contribution in [3.63, 3.8) is 0 Å². The van der Waals surface area contributed by atoms with E-state index >= 15 is 0 Å². The second-order valence-electron chi connectivity index (χ2n) is 15.1. The molecule has 58 heavy (non-hydrogen) atoms. The van der Waals surface area contributed by atoms with Gasteiger partial charge < -0.3 is 15.0 Å². The third-order valence-corrected chi connectivity index (χ3v) is 13.7. The Kier molecular flexibility index (Phi) is 10.8. The molecule has 2 aromatic heterocycles. The maximum absolute atomic E-state index is 13.7. The van der Waals surface area contributed by atoms with E-state index in [0.29, 0.717) is 28.7 Å². The third-order valence-electron chi connectivity index (χ3n) is 10.6. The molecule has 1 saturated carbocycles. The van der Waals surface area contributed by atoms with Crippen LogP contribution in [0, 0.1) is 24.3 Å². The summed E-state index contributed by atoms with van der Waals surface area (Å²) in [6.45, 7) is 15.7. The van der Waals surface area contributed by atoms with E-state index in [-0.39, 0.29) is 45.4 Å². The van der Waals surface area contributed by atoms with Gasteiger partial charge in [0.2, 0.25) is 25.7 Å². The number of hydrogen-bond acceptors (Lipinski definition) is 11. The lowest BCUT2D eigenvalue weighted by Gasteiger charge is -2.37. The van der Waals surface area contributed by atoms with Crippen molar-refractivity contribution in [1.29, 1.82) is 0 Å². The van der Waals surface area contributed by atoms with E-state index in [1.54, 1.807) is 6.07 Å². The summed E-state index contributed by atoms with van der Waals surface area (Å²) in [5, 5.41) is 16.9. The van der Waals surface area contributed by atoms with E-state index in [4.69, 9.17) is 26.6 Å². The summed E-state index contributed by atoms with van der Waals surface area (Å²) in [7, 11) is -13.3. The van der Waals surface area contributed by atoms with Crippen LogP contribution in [0.3, 0.4) is 0 Å². The first-order valence-electron chi connectivity index (χ1n) is 18.5. The number of aromatic amines is 1. The molecule has 0 amide bonds. The van der Waals surface area contributed by atoms with Gasteiger partial charge in [-0.25, -0.2) is 50.2 Å². The van der Waals surface area contributed by atoms with Crippen LogP contribution in [0.1, 0.15) is 56.8 Å². The second kappa shape index (κ2) is 15.4. The Bertz CT molecular complexity index is 2750. The molecule has 1 aliphatic heterocycles. The lowest BCUT2D eigenvalue weighted by molar-refractivity contribution is -0.0249. The minimum absolute atomic E-state index is 0.0893. The van der Waals surface area contributed by atoms with Gasteiger partial charge in [0.05, 0.1) is 38.3 Å². The first kappa shape index (κ1) is 40.7. The first-order valence-corrected chi connectivity index (χ1v) is 23.1. The third kappa shape index (κ3) is 8.40. The minimum Gasteiger partial charge on any atom is -0.459 e. The number of anilines is 4. The molecule has 0 bridgehead atoms. The number of sulfonamides is 3. The zero-order chi connectivity index (χ0) is 41.7. The fourth-order valence-electron chi connectivity index (χ4n) is 8.03. The number of nitrogens with zero attached hydrogens (tertiary/aromatic N) is 4. The lowest BCUT2D eigenvalue weighted by atomic mass is 9.75. The van der Waals surface area contributed by atoms with Crippen LogP contribution in [0.4, 0.5) is 28.4 Å². The number of rotatable bonds is 11. The molecule has 1 saturated heterocycles. The highest BCUT2D eigenvalue weighted by molar-refractivity contribution is 7.92. The summed E-state index contributed by atoms with van der Waals surface area (Å²) in [4.78, 5) is 22.7. The highest BCUT2D eigenvalue weighted by atomic mass is 32.2. The number of H-pyrrole nitrogens is 1. The highest BCUT2D eigenvalue weighted by Crippen LogP contribution is 2.38. The normalized spacial score (nSPS) is 20.2. The lowest BCUT2D eigenvalue weighted by Crippen LogP contribution is -2.37. The van der Waals surface area contributed by atoms with E-state index in [1.807, 2.05) is 18.2 Å². The predicted octanol–water partition coefficient (Wildman–Crippen LogP) is 5.55. The molecule has 2 aliphatic rings. The molecular formula is C38H43N9O8S3. The zero-order valence-electron chi connectivity index (χ0n) is 31.8. The standard InChI is InChI=1S/C38H43N9O8S3/c1-22-14-23(2)35(24(3)15-22)55-38(48)34-32(41-4)21-47-37(34)43-36(44-47)25-10-11-33(46-12-5-6-13-46)31(16-25)42-26-8-7-9-28(17-26)58(53,54)45-27-18-29(56(39,49)50)20-30(19-27)57(40,51)52/h7-11,16-24,35,42,45H,5-6,12-15H2,1-3H3,(H,43,44)(H2,39,49,50)(H2,40,51,52). The maximum Gasteiger partial charge on any atom is 0.331 e. The van der Waals surface area contributed by atoms with Crippen LogP contribution < -0.4 is 25.2 Å². The number of nitrogens with two attached hydrogens (primary N) is 2. The van der Waals surface area contributed by atoms with Gasteiger partial charge in [-0.3, -0.25) is 14.3 Å². The minimum atomic E-state index is -4.44. The molecule has 3 heterocycles. The average molecular weight is 850 g/mol. The van der Waals surface area contributed by atoms with E-state index in [0.717, 1.165) is 62.7 Å². The SMILES string of the molecule is [C-]#[N+]c1cn2[nH]c(-c3ccc(N4CCCC4)c(Nc4cccc(S(=O)(=O)Nc5cc(S(N)(=O)=O)cc(S(N)(=O)=O)c5)c4)c3)nc2c1C(=O)OC1C(C)CC(C)CC1C. The number of benzene rings is 3. The summed E-state index contributed by atoms with van der Waals surface area (Å²) >= 11 is 0. The van der Waals surface area contributed by atoms with Crippen LogP contribution in [0.5, 0.6) is 0 Å². The van der Waals surface area contributed by atoms with E-state index < -0.39 is 45.8 Å². The Labute approximate surface area is 336 Å². The quantitative estimate of drug-likeness (QED) is 0.0815. The van der Waals surface area contributed by atoms with Crippen molar-refractivity contribution in [2.75, 3.05) is 28.0 Å². The monoisotopic (exact) mass is 849 g/mol. The number of carbonyl (C=O) groups is 1. The van der Waals surface area contributed by atoms with Gasteiger partial charge in [-0.2, -0.15) is 0 Å². The van der Waals surface area contributed by atoms with Gasteiger partial charge in [0, 0.05) is 30.5 Å². The molecule has 2 unspecified atom stereocenters. The fourth-order valence-corrected chi connectivity index (χ4v) is 10.4. The molecule has 7 N–H and O–H groups in total. The van der Waals surface area contributed by atoms with E-state index in [9.17, 15) is 30.0 Å². The molecule has 20 heteroatoms. The van der Waals surface area contributed by atoms with Gasteiger partial charge in [-0.15, -0.1) is 0 Å². The zero-order valence-corrected chi connectivity index (χ0v) is 34.3. The number of ether oxygens (including phenoxy) is 1. The average Bonchev–Trinajstić information content (AvgIpc) is 3.90. The summed E-state index contributed by atoms with van der Waals surface area (Å²) < 4.78 is 85.3. The molecule has 1 aliphatic carbocycles. The van der Waals surface area contributed by atoms with Crippen molar-refractivity contribution in [2.45, 2.75) is 67.2 Å². The van der Waals surface area contributed by atoms with Crippen molar-refractivity contribution in [2.24, 2.45) is 28.0 Å². The Balaban J connectivity index is 1.20. The fraction of sp³-hybridized carbons (Fsp3) is 0.342. The van der Waals surface area contributed by atoms with Gasteiger partial charge in [0.1, 0.15) is 11.7 Å². The van der Waals surface area contributed by atoms with Crippen molar-refractivity contribution < 1.29 is 34.8 Å². The van der Waals surface area contributed by atoms with Crippen LogP contribution in [-0.2, 0) is 34.8 Å². The van der Waals surface area contributed by atoms with Gasteiger partial charge in [0.25, 0.3) is 10.0 Å². The van der Waals surface area contributed by atoms with Crippen LogP contribution in [0.15, 0.2) is 81.5 Å². The van der Waals surface area contributed by atoms with Crippen molar-refractivity contribution >= 4 is 70.1 Å². The number of hydrogen-bond donors (Lipinski definition) is 5. The Morgan fingerprint density at radius 1 is 0.879 bits per heavy atom. The maximum atomic E-state index is 13.7. The topological polar surface area (TPSA) is 246 Å². The number of esters is 1. The van der Waals surface area contributed by atoms with Crippen LogP contribution in [0.25, 0.3) is 21.9 Å². The Morgan fingerprint density at radius 2 is 1.52 bits per heavy atom. The van der Waals surface area contributed by atoms with Crippen molar-refractivity contribution in [1.82, 2.24) is 14.6 Å². The van der Waals surface area contributed by atoms with Crippen LogP contribution in [-0.4, -0.2) is 65.0 Å². The number of nitrogens with one attached hydrogen (secondary N) is 3. The second-order valence-corrected chi connectivity index (χ2v) is 19.9. The molecule has 7 rings (SSSR count). The first-order chi connectivity index (χ1) is 27.3. The molecule has 2 atom stereocenters. The van der Waals surface area contributed by atoms with Crippen LogP contribution >= 0.6 is 0 Å². The summed E-state index contributed by atoms with van der Waals surface area (Å²) in [5.41, 5.74) is 2.56. The van der Waals surface area contributed by atoms with Crippen molar-refractivity contribution in [3.05, 3.63) is 83.8 Å². The van der Waals surface area contributed by atoms with Crippen molar-refractivity contribution in [3.8, 4) is 11.4 Å². The Morgan fingerprint density at radius 3 is 2.14 bits per heavy atom. The largest absolute Gasteiger partial charge is 0.459 e. The number of carbonyl (C=O) groups excluding carboxylic acids is 1. The predicted molar refractivity (Wildman–Crippen MR) is 218 cm³/mol. The molecule has 2 fully saturated rings. The summed E-state index contributed by atoms with van der Waals surface area (Å²) in [5.74, 6) is 0.687. The molecule has 0 spiro atoms. The number of primary sulfonamides is 2. The molecule has 306 valence electrons. The Hall–Kier alpha value is -5.46. The number of fused-ring (bicyclic) bond motifs is 1. The van der Waals surface area contributed by atoms with Crippen LogP contribution in [0.2, 0.25) is 0 Å². The molecular weight excluding hydrogens is 807 g/mol. The smallest absolute Gasteiger partial charge is 0.331 e. The number of aromatic nitrogens is 3. The van der Waals surface area contributed by atoms with Gasteiger partial charge in [-0.1, -0.05) is 26.8 Å². The molecule has 17 nitrogen and oxygen atoms in total. The molecule has 5 aromatic rings.